The van der Waals surface area contributed by atoms with E-state index in [4.69, 9.17) is 0 Å². The Bertz CT molecular complexity index is 226. The van der Waals surface area contributed by atoms with Crippen molar-refractivity contribution in [3.05, 3.63) is 0 Å². The summed E-state index contributed by atoms with van der Waals surface area (Å²) in [5.41, 5.74) is 0.286. The molecule has 0 radical (unpaired) electrons. The summed E-state index contributed by atoms with van der Waals surface area (Å²) in [6.45, 7) is 4.81. The van der Waals surface area contributed by atoms with Crippen molar-refractivity contribution in [3.63, 3.8) is 0 Å². The summed E-state index contributed by atoms with van der Waals surface area (Å²) >= 11 is 0. The van der Waals surface area contributed by atoms with Crippen molar-refractivity contribution in [2.24, 2.45) is 0 Å². The Labute approximate surface area is 105 Å². The predicted octanol–water partition coefficient (Wildman–Crippen LogP) is 2.73. The highest BCUT2D eigenvalue weighted by Crippen LogP contribution is 2.35. The van der Waals surface area contributed by atoms with Crippen LogP contribution < -0.4 is 5.32 Å². The summed E-state index contributed by atoms with van der Waals surface area (Å²) in [7, 11) is 0. The largest absolute Gasteiger partial charge is 0.311 e. The summed E-state index contributed by atoms with van der Waals surface area (Å²) in [5.74, 6) is 0. The first kappa shape index (κ1) is 13.3. The second kappa shape index (κ2) is 6.14. The predicted molar refractivity (Wildman–Crippen MR) is 70.1 cm³/mol. The van der Waals surface area contributed by atoms with Crippen LogP contribution in [0.1, 0.15) is 51.9 Å². The molecular weight excluding hydrogens is 215 g/mol. The molecule has 1 aliphatic carbocycles. The van der Waals surface area contributed by atoms with Crippen LogP contribution in [-0.4, -0.2) is 42.8 Å². The van der Waals surface area contributed by atoms with Gasteiger partial charge in [0, 0.05) is 31.2 Å². The summed E-state index contributed by atoms with van der Waals surface area (Å²) in [5, 5.41) is 3.70. The number of nitrogens with zero attached hydrogens (tertiary/aromatic N) is 1. The van der Waals surface area contributed by atoms with Gasteiger partial charge in [-0.15, -0.1) is 0 Å². The molecular formula is C14H27FN2. The van der Waals surface area contributed by atoms with Crippen LogP contribution in [-0.2, 0) is 0 Å². The van der Waals surface area contributed by atoms with E-state index in [-0.39, 0.29) is 12.2 Å². The van der Waals surface area contributed by atoms with Crippen LogP contribution in [0.2, 0.25) is 0 Å². The van der Waals surface area contributed by atoms with Gasteiger partial charge in [0.25, 0.3) is 0 Å². The van der Waals surface area contributed by atoms with E-state index < -0.39 is 0 Å². The van der Waals surface area contributed by atoms with Gasteiger partial charge >= 0.3 is 0 Å². The minimum Gasteiger partial charge on any atom is -0.311 e. The van der Waals surface area contributed by atoms with Gasteiger partial charge in [-0.25, -0.2) is 4.39 Å². The van der Waals surface area contributed by atoms with E-state index in [0.717, 1.165) is 13.1 Å². The fourth-order valence-corrected chi connectivity index (χ4v) is 3.65. The van der Waals surface area contributed by atoms with Gasteiger partial charge in [0.2, 0.25) is 0 Å². The third kappa shape index (κ3) is 3.00. The second-order valence-electron chi connectivity index (χ2n) is 5.79. The molecule has 1 unspecified atom stereocenters. The quantitative estimate of drug-likeness (QED) is 0.815. The van der Waals surface area contributed by atoms with Crippen molar-refractivity contribution in [3.8, 4) is 0 Å². The van der Waals surface area contributed by atoms with Gasteiger partial charge in [0.05, 0.1) is 0 Å². The van der Waals surface area contributed by atoms with Gasteiger partial charge < -0.3 is 5.32 Å². The molecule has 1 heterocycles. The molecule has 3 heteroatoms. The third-order valence-electron chi connectivity index (χ3n) is 4.61. The normalized spacial score (nSPS) is 29.6. The minimum atomic E-state index is -0.194. The monoisotopic (exact) mass is 242 g/mol. The molecule has 17 heavy (non-hydrogen) atoms. The molecule has 0 aromatic heterocycles. The Kier molecular flexibility index (Phi) is 4.80. The van der Waals surface area contributed by atoms with Crippen LogP contribution in [0.15, 0.2) is 0 Å². The van der Waals surface area contributed by atoms with E-state index in [2.05, 4.69) is 17.1 Å². The average molecular weight is 242 g/mol. The number of alkyl halides is 1. The molecule has 2 aliphatic rings. The van der Waals surface area contributed by atoms with Gasteiger partial charge in [-0.05, 0) is 19.3 Å². The number of piperazine rings is 1. The van der Waals surface area contributed by atoms with Crippen molar-refractivity contribution in [2.45, 2.75) is 63.5 Å². The number of hydrogen-bond acceptors (Lipinski definition) is 2. The van der Waals surface area contributed by atoms with Gasteiger partial charge in [-0.3, -0.25) is 4.90 Å². The van der Waals surface area contributed by atoms with Crippen LogP contribution in [0.5, 0.6) is 0 Å². The van der Waals surface area contributed by atoms with Crippen LogP contribution in [0.4, 0.5) is 4.39 Å². The highest BCUT2D eigenvalue weighted by molar-refractivity contribution is 5.00. The zero-order chi connectivity index (χ0) is 12.1. The maximum Gasteiger partial charge on any atom is 0.102 e. The van der Waals surface area contributed by atoms with Crippen molar-refractivity contribution in [1.82, 2.24) is 10.2 Å². The van der Waals surface area contributed by atoms with Crippen LogP contribution in [0.3, 0.4) is 0 Å². The SMILES string of the molecule is CCCC1CN(CCF)C2(CCCCC2)CN1. The van der Waals surface area contributed by atoms with E-state index in [9.17, 15) is 4.39 Å². The lowest BCUT2D eigenvalue weighted by molar-refractivity contribution is 0.00477. The summed E-state index contributed by atoms with van der Waals surface area (Å²) in [6.07, 6.45) is 8.97. The molecule has 1 atom stereocenters. The Morgan fingerprint density at radius 3 is 2.71 bits per heavy atom. The smallest absolute Gasteiger partial charge is 0.102 e. The van der Waals surface area contributed by atoms with E-state index in [1.54, 1.807) is 0 Å². The van der Waals surface area contributed by atoms with Gasteiger partial charge in [0.1, 0.15) is 6.67 Å². The summed E-state index contributed by atoms with van der Waals surface area (Å²) in [4.78, 5) is 2.46. The molecule has 0 aromatic rings. The number of hydrogen-bond donors (Lipinski definition) is 1. The van der Waals surface area contributed by atoms with E-state index in [1.807, 2.05) is 0 Å². The molecule has 2 nitrogen and oxygen atoms in total. The molecule has 1 aliphatic heterocycles. The lowest BCUT2D eigenvalue weighted by atomic mass is 9.78. The fourth-order valence-electron chi connectivity index (χ4n) is 3.65. The maximum atomic E-state index is 12.8. The lowest BCUT2D eigenvalue weighted by Crippen LogP contribution is -2.65. The maximum absolute atomic E-state index is 12.8. The third-order valence-corrected chi connectivity index (χ3v) is 4.61. The highest BCUT2D eigenvalue weighted by atomic mass is 19.1. The molecule has 0 bridgehead atoms. The average Bonchev–Trinajstić information content (AvgIpc) is 2.36. The molecule has 0 aromatic carbocycles. The van der Waals surface area contributed by atoms with Crippen LogP contribution in [0, 0.1) is 0 Å². The topological polar surface area (TPSA) is 15.3 Å². The first-order chi connectivity index (χ1) is 8.30. The van der Waals surface area contributed by atoms with E-state index in [1.165, 1.54) is 44.9 Å². The van der Waals surface area contributed by atoms with E-state index >= 15 is 0 Å². The molecule has 1 saturated heterocycles. The van der Waals surface area contributed by atoms with E-state index in [0.29, 0.717) is 12.6 Å². The summed E-state index contributed by atoms with van der Waals surface area (Å²) in [6, 6.07) is 0.583. The molecule has 100 valence electrons. The molecule has 2 fully saturated rings. The molecule has 0 amide bonds. The number of rotatable bonds is 4. The molecule has 2 rings (SSSR count). The minimum absolute atomic E-state index is 0.194. The zero-order valence-corrected chi connectivity index (χ0v) is 11.2. The fraction of sp³-hybridized carbons (Fsp3) is 1.00. The highest BCUT2D eigenvalue weighted by Gasteiger charge is 2.41. The molecule has 1 N–H and O–H groups in total. The Hall–Kier alpha value is -0.150. The standard InChI is InChI=1S/C14H27FN2/c1-2-6-13-11-17(10-9-15)14(12-16-13)7-4-3-5-8-14/h13,16H,2-12H2,1H3. The Morgan fingerprint density at radius 2 is 2.06 bits per heavy atom. The lowest BCUT2D eigenvalue weighted by Gasteiger charge is -2.52. The van der Waals surface area contributed by atoms with Crippen molar-refractivity contribution in [1.29, 1.82) is 0 Å². The first-order valence-corrected chi connectivity index (χ1v) is 7.35. The number of halogens is 1. The zero-order valence-electron chi connectivity index (χ0n) is 11.2. The molecule has 1 spiro atoms. The van der Waals surface area contributed by atoms with Crippen molar-refractivity contribution >= 4 is 0 Å². The van der Waals surface area contributed by atoms with Crippen molar-refractivity contribution in [2.75, 3.05) is 26.3 Å². The second-order valence-corrected chi connectivity index (χ2v) is 5.79. The van der Waals surface area contributed by atoms with Crippen molar-refractivity contribution < 1.29 is 4.39 Å². The van der Waals surface area contributed by atoms with Gasteiger partial charge in [0.15, 0.2) is 0 Å². The summed E-state index contributed by atoms with van der Waals surface area (Å²) < 4.78 is 12.8. The number of nitrogens with one attached hydrogen (secondary N) is 1. The Morgan fingerprint density at radius 1 is 1.29 bits per heavy atom. The molecule has 1 saturated carbocycles. The van der Waals surface area contributed by atoms with Gasteiger partial charge in [-0.2, -0.15) is 0 Å². The van der Waals surface area contributed by atoms with Gasteiger partial charge in [-0.1, -0.05) is 32.6 Å². The van der Waals surface area contributed by atoms with Crippen LogP contribution in [0.25, 0.3) is 0 Å². The van der Waals surface area contributed by atoms with Crippen LogP contribution >= 0.6 is 0 Å². The Balaban J connectivity index is 2.00. The first-order valence-electron chi connectivity index (χ1n) is 7.35.